The van der Waals surface area contributed by atoms with Crippen molar-refractivity contribution < 1.29 is 9.13 Å². The minimum absolute atomic E-state index is 0.102. The van der Waals surface area contributed by atoms with Gasteiger partial charge in [0.25, 0.3) is 5.56 Å². The molecule has 0 atom stereocenters. The Morgan fingerprint density at radius 2 is 2.17 bits per heavy atom. The van der Waals surface area contributed by atoms with Crippen molar-refractivity contribution >= 4 is 11.8 Å². The van der Waals surface area contributed by atoms with Crippen molar-refractivity contribution in [2.75, 3.05) is 36.5 Å². The van der Waals surface area contributed by atoms with E-state index < -0.39 is 11.4 Å². The third-order valence-corrected chi connectivity index (χ3v) is 5.50. The summed E-state index contributed by atoms with van der Waals surface area (Å²) in [4.78, 5) is 27.3. The third-order valence-electron chi connectivity index (χ3n) is 5.50. The fourth-order valence-electron chi connectivity index (χ4n) is 3.67. The van der Waals surface area contributed by atoms with E-state index in [4.69, 9.17) is 9.72 Å². The van der Waals surface area contributed by atoms with Gasteiger partial charge in [0.05, 0.1) is 36.2 Å². The maximum Gasteiger partial charge on any atom is 0.288 e. The molecule has 2 aliphatic heterocycles. The van der Waals surface area contributed by atoms with Crippen molar-refractivity contribution in [3.63, 3.8) is 0 Å². The SMILES string of the molecule is CC(C)c1nc(N2CC(N(C)c3nc4c(cc3C#N)COCC4)C2)[nH]c(=O)c1F. The molecule has 0 amide bonds. The molecule has 0 bridgehead atoms. The molecular formula is C20H23FN6O2. The predicted octanol–water partition coefficient (Wildman–Crippen LogP) is 1.70. The maximum absolute atomic E-state index is 14.0. The molecule has 2 aromatic heterocycles. The Labute approximate surface area is 168 Å². The minimum atomic E-state index is -0.821. The number of H-pyrrole nitrogens is 1. The molecule has 2 aliphatic rings. The number of hydrogen-bond donors (Lipinski definition) is 1. The highest BCUT2D eigenvalue weighted by atomic mass is 19.1. The summed E-state index contributed by atoms with van der Waals surface area (Å²) in [5.41, 5.74) is 1.88. The van der Waals surface area contributed by atoms with Crippen LogP contribution in [0, 0.1) is 17.1 Å². The topological polar surface area (TPSA) is 98.1 Å². The van der Waals surface area contributed by atoms with Gasteiger partial charge in [-0.3, -0.25) is 9.78 Å². The normalized spacial score (nSPS) is 16.3. The van der Waals surface area contributed by atoms with Crippen LogP contribution >= 0.6 is 0 Å². The lowest BCUT2D eigenvalue weighted by Gasteiger charge is -2.45. The number of aromatic nitrogens is 3. The number of pyridine rings is 1. The number of nitrogens with one attached hydrogen (secondary N) is 1. The van der Waals surface area contributed by atoms with Gasteiger partial charge < -0.3 is 14.5 Å². The summed E-state index contributed by atoms with van der Waals surface area (Å²) in [6, 6.07) is 4.19. The largest absolute Gasteiger partial charge is 0.376 e. The van der Waals surface area contributed by atoms with Crippen LogP contribution in [0.4, 0.5) is 16.2 Å². The maximum atomic E-state index is 14.0. The van der Waals surface area contributed by atoms with E-state index in [1.807, 2.05) is 22.9 Å². The van der Waals surface area contributed by atoms with E-state index in [0.29, 0.717) is 43.6 Å². The first-order chi connectivity index (χ1) is 13.9. The van der Waals surface area contributed by atoms with Crippen LogP contribution in [0.2, 0.25) is 0 Å². The highest BCUT2D eigenvalue weighted by Gasteiger charge is 2.34. The fraction of sp³-hybridized carbons (Fsp3) is 0.500. The zero-order valence-electron chi connectivity index (χ0n) is 16.7. The lowest BCUT2D eigenvalue weighted by atomic mass is 10.0. The van der Waals surface area contributed by atoms with Crippen LogP contribution < -0.4 is 15.4 Å². The zero-order valence-corrected chi connectivity index (χ0v) is 16.7. The minimum Gasteiger partial charge on any atom is -0.376 e. The monoisotopic (exact) mass is 398 g/mol. The molecule has 4 rings (SSSR count). The van der Waals surface area contributed by atoms with Gasteiger partial charge in [0.2, 0.25) is 11.8 Å². The van der Waals surface area contributed by atoms with Crippen LogP contribution in [0.3, 0.4) is 0 Å². The van der Waals surface area contributed by atoms with Crippen molar-refractivity contribution in [3.8, 4) is 6.07 Å². The second-order valence-electron chi connectivity index (χ2n) is 7.79. The molecule has 0 aliphatic carbocycles. The second kappa shape index (κ2) is 7.44. The Hall–Kier alpha value is -2.99. The molecule has 4 heterocycles. The molecule has 9 heteroatoms. The van der Waals surface area contributed by atoms with Crippen molar-refractivity contribution in [3.05, 3.63) is 44.8 Å². The average molecular weight is 398 g/mol. The van der Waals surface area contributed by atoms with Gasteiger partial charge in [0.15, 0.2) is 0 Å². The molecular weight excluding hydrogens is 375 g/mol. The summed E-state index contributed by atoms with van der Waals surface area (Å²) in [5.74, 6) is 0.0264. The molecule has 0 saturated carbocycles. The van der Waals surface area contributed by atoms with Crippen molar-refractivity contribution in [2.24, 2.45) is 0 Å². The quantitative estimate of drug-likeness (QED) is 0.837. The van der Waals surface area contributed by atoms with Crippen molar-refractivity contribution in [1.29, 1.82) is 5.26 Å². The predicted molar refractivity (Wildman–Crippen MR) is 106 cm³/mol. The fourth-order valence-corrected chi connectivity index (χ4v) is 3.67. The van der Waals surface area contributed by atoms with Gasteiger partial charge in [-0.2, -0.15) is 9.65 Å². The van der Waals surface area contributed by atoms with E-state index in [-0.39, 0.29) is 17.7 Å². The summed E-state index contributed by atoms with van der Waals surface area (Å²) in [5, 5.41) is 9.56. The van der Waals surface area contributed by atoms with E-state index in [2.05, 4.69) is 16.0 Å². The van der Waals surface area contributed by atoms with Gasteiger partial charge in [-0.1, -0.05) is 13.8 Å². The Kier molecular flexibility index (Phi) is 4.96. The van der Waals surface area contributed by atoms with E-state index in [9.17, 15) is 14.4 Å². The first kappa shape index (κ1) is 19.3. The Bertz CT molecular complexity index is 1040. The van der Waals surface area contributed by atoms with Crippen LogP contribution in [0.5, 0.6) is 0 Å². The summed E-state index contributed by atoms with van der Waals surface area (Å²) in [6.45, 7) is 5.91. The molecule has 0 radical (unpaired) electrons. The standard InChI is InChI=1S/C20H23FN6O2/c1-11(2)17-16(21)19(28)25-20(24-17)27-8-14(9-27)26(3)18-12(7-22)6-13-10-29-5-4-15(13)23-18/h6,11,14H,4-5,8-10H2,1-3H3,(H,24,25,28). The first-order valence-electron chi connectivity index (χ1n) is 9.67. The number of aromatic amines is 1. The number of nitriles is 1. The average Bonchev–Trinajstić information content (AvgIpc) is 2.67. The number of halogens is 1. The number of anilines is 2. The van der Waals surface area contributed by atoms with Gasteiger partial charge in [-0.15, -0.1) is 0 Å². The summed E-state index contributed by atoms with van der Waals surface area (Å²) < 4.78 is 19.4. The lowest BCUT2D eigenvalue weighted by Crippen LogP contribution is -2.60. The summed E-state index contributed by atoms with van der Waals surface area (Å²) in [7, 11) is 1.91. The van der Waals surface area contributed by atoms with E-state index in [1.165, 1.54) is 0 Å². The Balaban J connectivity index is 1.54. The summed E-state index contributed by atoms with van der Waals surface area (Å²) >= 11 is 0. The molecule has 1 N–H and O–H groups in total. The highest BCUT2D eigenvalue weighted by molar-refractivity contribution is 5.58. The van der Waals surface area contributed by atoms with Crippen LogP contribution in [-0.2, 0) is 17.8 Å². The molecule has 152 valence electrons. The highest BCUT2D eigenvalue weighted by Crippen LogP contribution is 2.28. The van der Waals surface area contributed by atoms with Gasteiger partial charge in [-0.25, -0.2) is 9.97 Å². The van der Waals surface area contributed by atoms with E-state index in [1.54, 1.807) is 13.8 Å². The van der Waals surface area contributed by atoms with Crippen molar-refractivity contribution in [2.45, 2.75) is 38.8 Å². The van der Waals surface area contributed by atoms with Crippen molar-refractivity contribution in [1.82, 2.24) is 15.0 Å². The van der Waals surface area contributed by atoms with Gasteiger partial charge in [0, 0.05) is 32.1 Å². The second-order valence-corrected chi connectivity index (χ2v) is 7.79. The smallest absolute Gasteiger partial charge is 0.288 e. The molecule has 2 aromatic rings. The third kappa shape index (κ3) is 3.44. The summed E-state index contributed by atoms with van der Waals surface area (Å²) in [6.07, 6.45) is 0.734. The molecule has 0 aromatic carbocycles. The van der Waals surface area contributed by atoms with E-state index in [0.717, 1.165) is 17.7 Å². The first-order valence-corrected chi connectivity index (χ1v) is 9.67. The lowest BCUT2D eigenvalue weighted by molar-refractivity contribution is 0.109. The number of fused-ring (bicyclic) bond motifs is 1. The van der Waals surface area contributed by atoms with Gasteiger partial charge >= 0.3 is 0 Å². The Morgan fingerprint density at radius 1 is 1.41 bits per heavy atom. The van der Waals surface area contributed by atoms with Crippen LogP contribution in [0.25, 0.3) is 0 Å². The van der Waals surface area contributed by atoms with Gasteiger partial charge in [-0.05, 0) is 12.0 Å². The molecule has 29 heavy (non-hydrogen) atoms. The molecule has 8 nitrogen and oxygen atoms in total. The Morgan fingerprint density at radius 3 is 2.86 bits per heavy atom. The zero-order chi connectivity index (χ0) is 20.7. The number of likely N-dealkylation sites (N-methyl/N-ethyl adjacent to an activating group) is 1. The van der Waals surface area contributed by atoms with Gasteiger partial charge in [0.1, 0.15) is 11.9 Å². The molecule has 0 unspecified atom stereocenters. The number of hydrogen-bond acceptors (Lipinski definition) is 7. The van der Waals surface area contributed by atoms with Crippen LogP contribution in [-0.4, -0.2) is 47.7 Å². The van der Waals surface area contributed by atoms with Crippen LogP contribution in [0.15, 0.2) is 10.9 Å². The molecule has 0 spiro atoms. The molecule has 1 saturated heterocycles. The number of rotatable bonds is 4. The van der Waals surface area contributed by atoms with Crippen LogP contribution in [0.1, 0.15) is 42.3 Å². The number of ether oxygens (including phenoxy) is 1. The van der Waals surface area contributed by atoms with E-state index >= 15 is 0 Å². The molecule has 1 fully saturated rings. The number of nitrogens with zero attached hydrogens (tertiary/aromatic N) is 5.